The zero-order valence-corrected chi connectivity index (χ0v) is 11.3. The minimum absolute atomic E-state index is 0.164. The number of nitrogens with one attached hydrogen (secondary N) is 1. The molecule has 0 bridgehead atoms. The number of carbonyl (C=O) groups is 2. The van der Waals surface area contributed by atoms with Crippen LogP contribution < -0.4 is 11.1 Å². The highest BCUT2D eigenvalue weighted by atomic mass is 16.4. The van der Waals surface area contributed by atoms with Gasteiger partial charge in [0.15, 0.2) is 0 Å². The topological polar surface area (TPSA) is 92.4 Å². The molecule has 0 aliphatic carbocycles. The van der Waals surface area contributed by atoms with E-state index in [1.54, 1.807) is 0 Å². The first-order valence-electron chi connectivity index (χ1n) is 6.84. The Labute approximate surface area is 109 Å². The molecule has 0 aromatic heterocycles. The Bertz CT molecular complexity index is 238. The average molecular weight is 258 g/mol. The van der Waals surface area contributed by atoms with Crippen LogP contribution >= 0.6 is 0 Å². The van der Waals surface area contributed by atoms with Crippen molar-refractivity contribution in [1.82, 2.24) is 5.32 Å². The number of unbranched alkanes of at least 4 members (excludes halogenated alkanes) is 5. The monoisotopic (exact) mass is 258 g/mol. The van der Waals surface area contributed by atoms with E-state index in [1.807, 2.05) is 0 Å². The molecular formula is C13H26N2O3. The number of carboxylic acid groups (broad SMARTS) is 1. The lowest BCUT2D eigenvalue weighted by molar-refractivity contribution is -0.140. The summed E-state index contributed by atoms with van der Waals surface area (Å²) >= 11 is 0. The molecule has 1 aliphatic heterocycles. The van der Waals surface area contributed by atoms with Gasteiger partial charge in [-0.3, -0.25) is 4.79 Å². The van der Waals surface area contributed by atoms with Crippen LogP contribution in [-0.2, 0) is 9.59 Å². The largest absolute Gasteiger partial charge is 0.480 e. The van der Waals surface area contributed by atoms with Gasteiger partial charge in [-0.1, -0.05) is 39.0 Å². The van der Waals surface area contributed by atoms with E-state index < -0.39 is 12.0 Å². The van der Waals surface area contributed by atoms with Crippen LogP contribution in [0.3, 0.4) is 0 Å². The fraction of sp³-hybridized carbons (Fsp3) is 0.846. The Morgan fingerprint density at radius 1 is 1.33 bits per heavy atom. The molecule has 1 saturated heterocycles. The van der Waals surface area contributed by atoms with Crippen molar-refractivity contribution in [2.24, 2.45) is 5.73 Å². The van der Waals surface area contributed by atoms with E-state index in [0.717, 1.165) is 6.54 Å². The zero-order valence-electron chi connectivity index (χ0n) is 11.3. The van der Waals surface area contributed by atoms with E-state index >= 15 is 0 Å². The van der Waals surface area contributed by atoms with Gasteiger partial charge < -0.3 is 16.2 Å². The summed E-state index contributed by atoms with van der Waals surface area (Å²) in [4.78, 5) is 20.5. The van der Waals surface area contributed by atoms with Crippen molar-refractivity contribution in [2.45, 2.75) is 64.3 Å². The van der Waals surface area contributed by atoms with Gasteiger partial charge in [0.05, 0.1) is 0 Å². The summed E-state index contributed by atoms with van der Waals surface area (Å²) in [5.74, 6) is -1.11. The lowest BCUT2D eigenvalue weighted by Gasteiger charge is -1.99. The normalized spacial score (nSPS) is 17.9. The molecule has 1 aliphatic rings. The molecule has 1 fully saturated rings. The number of amides is 1. The molecule has 0 saturated carbocycles. The van der Waals surface area contributed by atoms with Gasteiger partial charge >= 0.3 is 5.97 Å². The fourth-order valence-corrected chi connectivity index (χ4v) is 1.72. The first-order chi connectivity index (χ1) is 8.61. The molecule has 1 amide bonds. The summed E-state index contributed by atoms with van der Waals surface area (Å²) in [6.07, 6.45) is 8.82. The second-order valence-corrected chi connectivity index (χ2v) is 4.55. The van der Waals surface area contributed by atoms with Gasteiger partial charge in [-0.2, -0.15) is 0 Å². The highest BCUT2D eigenvalue weighted by Crippen LogP contribution is 2.05. The predicted octanol–water partition coefficient (Wildman–Crippen LogP) is 1.66. The number of hydrogen-bond acceptors (Lipinski definition) is 3. The van der Waals surface area contributed by atoms with Crippen molar-refractivity contribution >= 4 is 11.9 Å². The summed E-state index contributed by atoms with van der Waals surface area (Å²) in [5.41, 5.74) is 5.34. The van der Waals surface area contributed by atoms with Crippen LogP contribution in [0.1, 0.15) is 58.3 Å². The van der Waals surface area contributed by atoms with Crippen molar-refractivity contribution in [3.05, 3.63) is 0 Å². The number of rotatable bonds is 7. The Morgan fingerprint density at radius 3 is 2.33 bits per heavy atom. The van der Waals surface area contributed by atoms with Crippen LogP contribution in [0.15, 0.2) is 0 Å². The van der Waals surface area contributed by atoms with E-state index in [9.17, 15) is 9.59 Å². The van der Waals surface area contributed by atoms with Gasteiger partial charge in [0, 0.05) is 6.42 Å². The standard InChI is InChI=1S/C8H19N.C5H7NO3/c1-2-3-4-5-6-7-8-9;7-4-2-1-3(6-4)5(8)9/h2-9H2,1H3;3H,1-2H2,(H,6,7)(H,8,9)/t;3-/m.0/s1. The Morgan fingerprint density at radius 2 is 1.94 bits per heavy atom. The van der Waals surface area contributed by atoms with Crippen molar-refractivity contribution in [3.8, 4) is 0 Å². The molecule has 18 heavy (non-hydrogen) atoms. The molecule has 0 unspecified atom stereocenters. The number of aliphatic carboxylic acids is 1. The molecule has 1 atom stereocenters. The minimum Gasteiger partial charge on any atom is -0.480 e. The summed E-state index contributed by atoms with van der Waals surface area (Å²) in [6, 6.07) is -0.641. The summed E-state index contributed by atoms with van der Waals surface area (Å²) in [6.45, 7) is 3.11. The Hall–Kier alpha value is -1.10. The zero-order chi connectivity index (χ0) is 13.8. The number of carbonyl (C=O) groups excluding carboxylic acids is 1. The van der Waals surface area contributed by atoms with Crippen LogP contribution in [-0.4, -0.2) is 29.6 Å². The molecule has 0 spiro atoms. The maximum absolute atomic E-state index is 10.4. The van der Waals surface area contributed by atoms with Gasteiger partial charge in [0.2, 0.25) is 5.91 Å². The molecule has 5 nitrogen and oxygen atoms in total. The van der Waals surface area contributed by atoms with Crippen LogP contribution in [0.25, 0.3) is 0 Å². The van der Waals surface area contributed by atoms with Crippen molar-refractivity contribution < 1.29 is 14.7 Å². The third kappa shape index (κ3) is 8.98. The summed E-state index contributed by atoms with van der Waals surface area (Å²) in [5, 5.41) is 10.6. The van der Waals surface area contributed by atoms with Crippen molar-refractivity contribution in [3.63, 3.8) is 0 Å². The first-order valence-corrected chi connectivity index (χ1v) is 6.84. The predicted molar refractivity (Wildman–Crippen MR) is 71.2 cm³/mol. The van der Waals surface area contributed by atoms with E-state index in [2.05, 4.69) is 12.2 Å². The molecular weight excluding hydrogens is 232 g/mol. The molecule has 106 valence electrons. The second-order valence-electron chi connectivity index (χ2n) is 4.55. The third-order valence-electron chi connectivity index (χ3n) is 2.85. The molecule has 5 heteroatoms. The number of nitrogens with two attached hydrogens (primary N) is 1. The van der Waals surface area contributed by atoms with Gasteiger partial charge in [-0.05, 0) is 19.4 Å². The van der Waals surface area contributed by atoms with Gasteiger partial charge in [-0.15, -0.1) is 0 Å². The van der Waals surface area contributed by atoms with E-state index in [0.29, 0.717) is 12.8 Å². The van der Waals surface area contributed by atoms with Gasteiger partial charge in [0.1, 0.15) is 6.04 Å². The first kappa shape index (κ1) is 16.9. The fourth-order valence-electron chi connectivity index (χ4n) is 1.72. The van der Waals surface area contributed by atoms with Crippen LogP contribution in [0.4, 0.5) is 0 Å². The van der Waals surface area contributed by atoms with Gasteiger partial charge in [0.25, 0.3) is 0 Å². The Kier molecular flexibility index (Phi) is 10.3. The number of carboxylic acids is 1. The smallest absolute Gasteiger partial charge is 0.326 e. The SMILES string of the molecule is CCCCCCCCN.O=C1CC[C@@H](C(=O)O)N1. The highest BCUT2D eigenvalue weighted by molar-refractivity contribution is 5.87. The molecule has 0 radical (unpaired) electrons. The molecule has 4 N–H and O–H groups in total. The molecule has 0 aromatic carbocycles. The van der Waals surface area contributed by atoms with Crippen LogP contribution in [0.2, 0.25) is 0 Å². The lowest BCUT2D eigenvalue weighted by Crippen LogP contribution is -2.32. The highest BCUT2D eigenvalue weighted by Gasteiger charge is 2.26. The second kappa shape index (κ2) is 11.0. The van der Waals surface area contributed by atoms with E-state index in [4.69, 9.17) is 10.8 Å². The maximum Gasteiger partial charge on any atom is 0.326 e. The lowest BCUT2D eigenvalue weighted by atomic mass is 10.1. The molecule has 1 heterocycles. The van der Waals surface area contributed by atoms with E-state index in [-0.39, 0.29) is 5.91 Å². The molecule has 1 rings (SSSR count). The summed E-state index contributed by atoms with van der Waals surface area (Å²) < 4.78 is 0. The average Bonchev–Trinajstić information content (AvgIpc) is 2.77. The van der Waals surface area contributed by atoms with Crippen molar-refractivity contribution in [1.29, 1.82) is 0 Å². The van der Waals surface area contributed by atoms with Crippen molar-refractivity contribution in [2.75, 3.05) is 6.54 Å². The van der Waals surface area contributed by atoms with Crippen LogP contribution in [0.5, 0.6) is 0 Å². The summed E-state index contributed by atoms with van der Waals surface area (Å²) in [7, 11) is 0. The quantitative estimate of drug-likeness (QED) is 0.605. The minimum atomic E-state index is -0.944. The third-order valence-corrected chi connectivity index (χ3v) is 2.85. The Balaban J connectivity index is 0.000000321. The molecule has 0 aromatic rings. The maximum atomic E-state index is 10.4. The van der Waals surface area contributed by atoms with Gasteiger partial charge in [-0.25, -0.2) is 4.79 Å². The van der Waals surface area contributed by atoms with Crippen LogP contribution in [0, 0.1) is 0 Å². The number of hydrogen-bond donors (Lipinski definition) is 3. The van der Waals surface area contributed by atoms with E-state index in [1.165, 1.54) is 38.5 Å².